The fourth-order valence-corrected chi connectivity index (χ4v) is 2.82. The van der Waals surface area contributed by atoms with Crippen LogP contribution in [0, 0.1) is 11.3 Å². The number of carbonyl (C=O) groups is 1. The third-order valence-electron chi connectivity index (χ3n) is 3.55. The molecule has 1 aliphatic rings. The van der Waals surface area contributed by atoms with Crippen molar-refractivity contribution in [3.63, 3.8) is 0 Å². The summed E-state index contributed by atoms with van der Waals surface area (Å²) in [7, 11) is 0. The minimum absolute atomic E-state index is 0.210. The average molecular weight is 372 g/mol. The number of hydrogen-bond donors (Lipinski definition) is 1. The summed E-state index contributed by atoms with van der Waals surface area (Å²) in [6, 6.07) is 18.2. The highest BCUT2D eigenvalue weighted by Gasteiger charge is 2.38. The third kappa shape index (κ3) is 3.36. The van der Waals surface area contributed by atoms with Gasteiger partial charge in [-0.15, -0.1) is 0 Å². The molecular formula is C17H14BrN3O2. The van der Waals surface area contributed by atoms with Crippen LogP contribution in [-0.2, 0) is 9.63 Å². The van der Waals surface area contributed by atoms with Crippen LogP contribution in [0.3, 0.4) is 0 Å². The molecule has 2 aromatic rings. The molecule has 3 rings (SSSR count). The molecule has 1 heterocycles. The van der Waals surface area contributed by atoms with Crippen molar-refractivity contribution in [1.82, 2.24) is 0 Å². The molecule has 1 amide bonds. The number of halogens is 1. The standard InChI is InChI=1S/C17H14BrN3O2/c18-14-8-4-5-9-15(14)20-17(22)16-10-13(11-19)23-21(16)12-6-2-1-3-7-12/h1-9,13,16H,10H2,(H,20,22). The number of hydroxylamine groups is 1. The van der Waals surface area contributed by atoms with Crippen molar-refractivity contribution in [3.8, 4) is 6.07 Å². The summed E-state index contributed by atoms with van der Waals surface area (Å²) < 4.78 is 0.801. The van der Waals surface area contributed by atoms with Gasteiger partial charge in [-0.2, -0.15) is 5.26 Å². The summed E-state index contributed by atoms with van der Waals surface area (Å²) in [6.45, 7) is 0. The number of nitriles is 1. The van der Waals surface area contributed by atoms with Crippen molar-refractivity contribution in [2.24, 2.45) is 0 Å². The van der Waals surface area contributed by atoms with E-state index in [0.717, 1.165) is 10.2 Å². The normalized spacial score (nSPS) is 20.1. The van der Waals surface area contributed by atoms with E-state index in [9.17, 15) is 4.79 Å². The molecule has 0 aliphatic carbocycles. The number of benzene rings is 2. The van der Waals surface area contributed by atoms with Crippen molar-refractivity contribution >= 4 is 33.2 Å². The molecule has 0 aromatic heterocycles. The molecule has 0 bridgehead atoms. The second kappa shape index (κ2) is 6.82. The van der Waals surface area contributed by atoms with Gasteiger partial charge in [0.15, 0.2) is 6.10 Å². The van der Waals surface area contributed by atoms with Crippen molar-refractivity contribution in [3.05, 3.63) is 59.1 Å². The number of carbonyl (C=O) groups excluding carboxylic acids is 1. The summed E-state index contributed by atoms with van der Waals surface area (Å²) in [5, 5.41) is 13.5. The van der Waals surface area contributed by atoms with Gasteiger partial charge >= 0.3 is 0 Å². The molecule has 2 atom stereocenters. The summed E-state index contributed by atoms with van der Waals surface area (Å²) in [6.07, 6.45) is -0.313. The number of anilines is 2. The number of nitrogens with one attached hydrogen (secondary N) is 1. The molecule has 0 saturated carbocycles. The van der Waals surface area contributed by atoms with Crippen molar-refractivity contribution in [2.45, 2.75) is 18.6 Å². The lowest BCUT2D eigenvalue weighted by Crippen LogP contribution is -2.39. The lowest BCUT2D eigenvalue weighted by Gasteiger charge is -2.23. The summed E-state index contributed by atoms with van der Waals surface area (Å²) in [5.41, 5.74) is 1.43. The predicted octanol–water partition coefficient (Wildman–Crippen LogP) is 3.49. The highest BCUT2D eigenvalue weighted by Crippen LogP contribution is 2.29. The minimum atomic E-state index is -0.634. The van der Waals surface area contributed by atoms with Gasteiger partial charge in [-0.05, 0) is 40.2 Å². The fourth-order valence-electron chi connectivity index (χ4n) is 2.44. The van der Waals surface area contributed by atoms with Gasteiger partial charge in [-0.3, -0.25) is 9.63 Å². The van der Waals surface area contributed by atoms with Crippen LogP contribution in [0.5, 0.6) is 0 Å². The van der Waals surface area contributed by atoms with E-state index in [2.05, 4.69) is 27.3 Å². The molecule has 2 aromatic carbocycles. The zero-order valence-corrected chi connectivity index (χ0v) is 13.7. The van der Waals surface area contributed by atoms with E-state index in [4.69, 9.17) is 10.1 Å². The Morgan fingerprint density at radius 3 is 2.61 bits per heavy atom. The first-order valence-corrected chi connectivity index (χ1v) is 7.94. The number of hydrogen-bond acceptors (Lipinski definition) is 4. The lowest BCUT2D eigenvalue weighted by atomic mass is 10.1. The van der Waals surface area contributed by atoms with E-state index < -0.39 is 12.1 Å². The minimum Gasteiger partial charge on any atom is -0.323 e. The summed E-state index contributed by atoms with van der Waals surface area (Å²) >= 11 is 3.41. The van der Waals surface area contributed by atoms with Crippen LogP contribution in [0.2, 0.25) is 0 Å². The van der Waals surface area contributed by atoms with Crippen LogP contribution in [-0.4, -0.2) is 18.1 Å². The van der Waals surface area contributed by atoms with Gasteiger partial charge in [0.25, 0.3) is 0 Å². The molecule has 116 valence electrons. The van der Waals surface area contributed by atoms with Gasteiger partial charge in [0.05, 0.1) is 17.4 Å². The Balaban J connectivity index is 1.82. The second-order valence-electron chi connectivity index (χ2n) is 5.11. The van der Waals surface area contributed by atoms with Crippen molar-refractivity contribution in [2.75, 3.05) is 10.4 Å². The monoisotopic (exact) mass is 371 g/mol. The van der Waals surface area contributed by atoms with Gasteiger partial charge in [0.1, 0.15) is 6.04 Å². The van der Waals surface area contributed by atoms with Crippen LogP contribution >= 0.6 is 15.9 Å². The van der Waals surface area contributed by atoms with Crippen LogP contribution in [0.15, 0.2) is 59.1 Å². The quantitative estimate of drug-likeness (QED) is 0.896. The maximum absolute atomic E-state index is 12.6. The van der Waals surface area contributed by atoms with Crippen LogP contribution in [0.25, 0.3) is 0 Å². The topological polar surface area (TPSA) is 65.4 Å². The number of amides is 1. The molecule has 1 fully saturated rings. The Hall–Kier alpha value is -2.36. The molecule has 0 spiro atoms. The largest absolute Gasteiger partial charge is 0.323 e. The Bertz CT molecular complexity index is 745. The zero-order valence-electron chi connectivity index (χ0n) is 12.1. The van der Waals surface area contributed by atoms with Gasteiger partial charge in [-0.25, -0.2) is 5.06 Å². The molecule has 1 saturated heterocycles. The van der Waals surface area contributed by atoms with Crippen molar-refractivity contribution in [1.29, 1.82) is 5.26 Å². The summed E-state index contributed by atoms with van der Waals surface area (Å²) in [4.78, 5) is 18.2. The van der Waals surface area contributed by atoms with Crippen LogP contribution in [0.4, 0.5) is 11.4 Å². The molecule has 1 N–H and O–H groups in total. The first-order chi connectivity index (χ1) is 11.2. The van der Waals surface area contributed by atoms with Gasteiger partial charge in [0, 0.05) is 10.9 Å². The van der Waals surface area contributed by atoms with Crippen molar-refractivity contribution < 1.29 is 9.63 Å². The Labute approximate surface area is 142 Å². The number of para-hydroxylation sites is 2. The van der Waals surface area contributed by atoms with Gasteiger partial charge in [-0.1, -0.05) is 30.3 Å². The van der Waals surface area contributed by atoms with E-state index in [1.165, 1.54) is 5.06 Å². The van der Waals surface area contributed by atoms with E-state index in [0.29, 0.717) is 12.1 Å². The van der Waals surface area contributed by atoms with E-state index in [-0.39, 0.29) is 5.91 Å². The predicted molar refractivity (Wildman–Crippen MR) is 90.6 cm³/mol. The third-order valence-corrected chi connectivity index (χ3v) is 4.24. The number of nitrogens with zero attached hydrogens (tertiary/aromatic N) is 2. The highest BCUT2D eigenvalue weighted by molar-refractivity contribution is 9.10. The molecule has 1 aliphatic heterocycles. The Morgan fingerprint density at radius 2 is 1.91 bits per heavy atom. The lowest BCUT2D eigenvalue weighted by molar-refractivity contribution is -0.117. The molecule has 0 radical (unpaired) electrons. The van der Waals surface area contributed by atoms with Gasteiger partial charge < -0.3 is 5.32 Å². The highest BCUT2D eigenvalue weighted by atomic mass is 79.9. The fraction of sp³-hybridized carbons (Fsp3) is 0.176. The maximum Gasteiger partial charge on any atom is 0.249 e. The zero-order chi connectivity index (χ0) is 16.2. The van der Waals surface area contributed by atoms with Gasteiger partial charge in [0.2, 0.25) is 5.91 Å². The Morgan fingerprint density at radius 1 is 1.22 bits per heavy atom. The van der Waals surface area contributed by atoms with E-state index >= 15 is 0 Å². The smallest absolute Gasteiger partial charge is 0.249 e. The molecule has 2 unspecified atom stereocenters. The average Bonchev–Trinajstić information content (AvgIpc) is 3.02. The Kier molecular flexibility index (Phi) is 4.60. The first-order valence-electron chi connectivity index (χ1n) is 7.15. The summed E-state index contributed by atoms with van der Waals surface area (Å²) in [5.74, 6) is -0.210. The SMILES string of the molecule is N#CC1CC(C(=O)Nc2ccccc2Br)N(c2ccccc2)O1. The second-order valence-corrected chi connectivity index (χ2v) is 5.96. The molecule has 23 heavy (non-hydrogen) atoms. The maximum atomic E-state index is 12.6. The molecule has 5 nitrogen and oxygen atoms in total. The first kappa shape index (κ1) is 15.5. The van der Waals surface area contributed by atoms with Crippen LogP contribution < -0.4 is 10.4 Å². The number of rotatable bonds is 3. The molecule has 6 heteroatoms. The molecular weight excluding hydrogens is 358 g/mol. The van der Waals surface area contributed by atoms with Crippen LogP contribution in [0.1, 0.15) is 6.42 Å². The van der Waals surface area contributed by atoms with E-state index in [1.54, 1.807) is 0 Å². The van der Waals surface area contributed by atoms with E-state index in [1.807, 2.05) is 54.6 Å².